The number of thioether (sulfide) groups is 1. The number of benzene rings is 1. The quantitative estimate of drug-likeness (QED) is 0.807. The minimum absolute atomic E-state index is 0.111. The van der Waals surface area contributed by atoms with Gasteiger partial charge in [-0.25, -0.2) is 0 Å². The second kappa shape index (κ2) is 8.51. The Kier molecular flexibility index (Phi) is 5.23. The maximum Gasteiger partial charge on any atom is 0.119 e. The van der Waals surface area contributed by atoms with Gasteiger partial charge in [0.2, 0.25) is 0 Å². The monoisotopic (exact) mass is 346 g/mol. The van der Waals surface area contributed by atoms with Gasteiger partial charge in [-0.15, -0.1) is 11.8 Å². The number of hydrogen-bond donors (Lipinski definition) is 2. The van der Waals surface area contributed by atoms with E-state index in [0.717, 1.165) is 29.0 Å². The standard InChI is InChI=1S/C19H24N2O2S/c1-14(22)16-4-5-17(21-11-16)8-9-23-18-6-2-15(3-7-18)10-19-12-20-13-24-19/h2-7,11,14,19-20,22H,8-10,12-13H2,1H3/i12D,13D. The van der Waals surface area contributed by atoms with E-state index in [-0.39, 0.29) is 11.8 Å². The van der Waals surface area contributed by atoms with Crippen molar-refractivity contribution in [3.63, 3.8) is 0 Å². The molecule has 0 aliphatic carbocycles. The molecular weight excluding hydrogens is 320 g/mol. The third-order valence-corrected chi connectivity index (χ3v) is 4.83. The van der Waals surface area contributed by atoms with Crippen molar-refractivity contribution in [1.29, 1.82) is 0 Å². The van der Waals surface area contributed by atoms with Gasteiger partial charge in [0.25, 0.3) is 0 Å². The molecule has 1 aliphatic heterocycles. The van der Waals surface area contributed by atoms with E-state index in [1.165, 1.54) is 11.8 Å². The summed E-state index contributed by atoms with van der Waals surface area (Å²) in [5, 5.41) is 12.5. The fourth-order valence-corrected chi connectivity index (χ4v) is 3.26. The van der Waals surface area contributed by atoms with Gasteiger partial charge in [-0.3, -0.25) is 4.98 Å². The second-order valence-electron chi connectivity index (χ2n) is 5.83. The van der Waals surface area contributed by atoms with Crippen LogP contribution in [-0.2, 0) is 12.8 Å². The van der Waals surface area contributed by atoms with E-state index in [9.17, 15) is 5.11 Å². The molecule has 1 aromatic heterocycles. The molecule has 3 rings (SSSR count). The van der Waals surface area contributed by atoms with Gasteiger partial charge in [0.1, 0.15) is 5.75 Å². The van der Waals surface area contributed by atoms with Crippen LogP contribution in [-0.4, -0.2) is 34.3 Å². The highest BCUT2D eigenvalue weighted by molar-refractivity contribution is 8.00. The van der Waals surface area contributed by atoms with Crippen LogP contribution in [0.4, 0.5) is 0 Å². The van der Waals surface area contributed by atoms with Crippen LogP contribution in [0.5, 0.6) is 5.75 Å². The lowest BCUT2D eigenvalue weighted by atomic mass is 10.1. The van der Waals surface area contributed by atoms with Crippen LogP contribution >= 0.6 is 11.8 Å². The van der Waals surface area contributed by atoms with Crippen LogP contribution in [0.1, 0.15) is 32.6 Å². The van der Waals surface area contributed by atoms with E-state index in [0.29, 0.717) is 13.0 Å². The first kappa shape index (κ1) is 14.8. The number of aliphatic hydroxyl groups excluding tert-OH is 1. The number of aromatic nitrogens is 1. The summed E-state index contributed by atoms with van der Waals surface area (Å²) in [6, 6.07) is 11.7. The molecule has 0 saturated carbocycles. The fourth-order valence-electron chi connectivity index (χ4n) is 2.48. The first-order chi connectivity index (χ1) is 12.5. The zero-order valence-electron chi connectivity index (χ0n) is 15.7. The molecular formula is C19H24N2O2S. The molecule has 1 aliphatic rings. The van der Waals surface area contributed by atoms with Gasteiger partial charge in [0.05, 0.1) is 14.1 Å². The number of nitrogens with zero attached hydrogens (tertiary/aromatic N) is 1. The first-order valence-corrected chi connectivity index (χ1v) is 9.06. The first-order valence-electron chi connectivity index (χ1n) is 9.27. The Labute approximate surface area is 150 Å². The smallest absolute Gasteiger partial charge is 0.119 e. The molecule has 1 fully saturated rings. The predicted octanol–water partition coefficient (Wildman–Crippen LogP) is 2.96. The molecule has 2 aromatic rings. The van der Waals surface area contributed by atoms with Gasteiger partial charge in [-0.1, -0.05) is 18.2 Å². The zero-order valence-corrected chi connectivity index (χ0v) is 14.5. The van der Waals surface area contributed by atoms with E-state index < -0.39 is 12.0 Å². The number of hydrogen-bond acceptors (Lipinski definition) is 5. The van der Waals surface area contributed by atoms with Gasteiger partial charge in [-0.05, 0) is 42.7 Å². The van der Waals surface area contributed by atoms with E-state index in [1.54, 1.807) is 13.1 Å². The van der Waals surface area contributed by atoms with Crippen LogP contribution in [0.15, 0.2) is 42.6 Å². The van der Waals surface area contributed by atoms with Crippen LogP contribution in [0.25, 0.3) is 0 Å². The average Bonchev–Trinajstić information content (AvgIpc) is 2.94. The number of ether oxygens (including phenoxy) is 1. The Morgan fingerprint density at radius 3 is 2.83 bits per heavy atom. The summed E-state index contributed by atoms with van der Waals surface area (Å²) >= 11 is 1.50. The number of pyridine rings is 1. The van der Waals surface area contributed by atoms with E-state index in [4.69, 9.17) is 7.48 Å². The maximum absolute atomic E-state index is 9.49. The summed E-state index contributed by atoms with van der Waals surface area (Å²) in [4.78, 5) is 4.33. The summed E-state index contributed by atoms with van der Waals surface area (Å²) in [7, 11) is 0. The van der Waals surface area contributed by atoms with Gasteiger partial charge in [0, 0.05) is 37.3 Å². The molecule has 1 saturated heterocycles. The van der Waals surface area contributed by atoms with Crippen LogP contribution in [0.2, 0.25) is 0 Å². The van der Waals surface area contributed by atoms with Crippen LogP contribution in [0, 0.1) is 0 Å². The molecule has 1 aromatic carbocycles. The maximum atomic E-state index is 9.49. The molecule has 128 valence electrons. The molecule has 4 unspecified atom stereocenters. The SMILES string of the molecule is [2H]C1NC([2H])C(Cc2ccc(OCCc3ccc(C(C)O)cn3)cc2)S1. The highest BCUT2D eigenvalue weighted by Gasteiger charge is 2.15. The summed E-state index contributed by atoms with van der Waals surface area (Å²) in [5.74, 6) is 0.417. The number of rotatable bonds is 7. The average molecular weight is 346 g/mol. The molecule has 24 heavy (non-hydrogen) atoms. The van der Waals surface area contributed by atoms with Crippen molar-refractivity contribution in [3.05, 3.63) is 59.4 Å². The highest BCUT2D eigenvalue weighted by atomic mass is 32.2. The van der Waals surface area contributed by atoms with E-state index in [1.807, 2.05) is 36.4 Å². The Hall–Kier alpha value is -1.56. The van der Waals surface area contributed by atoms with Crippen molar-refractivity contribution in [2.75, 3.05) is 19.0 Å². The van der Waals surface area contributed by atoms with Gasteiger partial charge in [0.15, 0.2) is 0 Å². The van der Waals surface area contributed by atoms with Crippen LogP contribution < -0.4 is 10.1 Å². The lowest BCUT2D eigenvalue weighted by molar-refractivity contribution is 0.199. The predicted molar refractivity (Wildman–Crippen MR) is 98.5 cm³/mol. The van der Waals surface area contributed by atoms with Gasteiger partial charge in [-0.2, -0.15) is 0 Å². The Bertz CT molecular complexity index is 698. The normalized spacial score (nSPS) is 25.8. The van der Waals surface area contributed by atoms with Crippen molar-refractivity contribution < 1.29 is 12.6 Å². The van der Waals surface area contributed by atoms with E-state index >= 15 is 0 Å². The van der Waals surface area contributed by atoms with Crippen molar-refractivity contribution in [2.24, 2.45) is 0 Å². The fraction of sp³-hybridized carbons (Fsp3) is 0.421. The molecule has 4 nitrogen and oxygen atoms in total. The zero-order chi connectivity index (χ0) is 18.5. The van der Waals surface area contributed by atoms with Crippen molar-refractivity contribution in [2.45, 2.75) is 31.1 Å². The Morgan fingerprint density at radius 2 is 2.21 bits per heavy atom. The summed E-state index contributed by atoms with van der Waals surface area (Å²) in [5.41, 5.74) is 2.90. The number of aliphatic hydroxyl groups is 1. The third-order valence-electron chi connectivity index (χ3n) is 3.91. The molecule has 0 spiro atoms. The van der Waals surface area contributed by atoms with Crippen LogP contribution in [0.3, 0.4) is 0 Å². The minimum Gasteiger partial charge on any atom is -0.493 e. The highest BCUT2D eigenvalue weighted by Crippen LogP contribution is 2.21. The topological polar surface area (TPSA) is 54.4 Å². The molecule has 2 heterocycles. The van der Waals surface area contributed by atoms with Gasteiger partial charge < -0.3 is 15.2 Å². The molecule has 4 atom stereocenters. The second-order valence-corrected chi connectivity index (χ2v) is 6.94. The minimum atomic E-state index is -0.498. The van der Waals surface area contributed by atoms with Crippen molar-refractivity contribution in [1.82, 2.24) is 10.3 Å². The Morgan fingerprint density at radius 1 is 1.38 bits per heavy atom. The number of nitrogens with one attached hydrogen (secondary N) is 1. The lowest BCUT2D eigenvalue weighted by Gasteiger charge is -2.10. The summed E-state index contributed by atoms with van der Waals surface area (Å²) in [6.07, 6.45) is 2.69. The summed E-state index contributed by atoms with van der Waals surface area (Å²) < 4.78 is 21.4. The Balaban J connectivity index is 1.45. The van der Waals surface area contributed by atoms with Crippen molar-refractivity contribution >= 4 is 11.8 Å². The molecule has 5 heteroatoms. The molecule has 0 radical (unpaired) electrons. The molecule has 2 N–H and O–H groups in total. The molecule has 0 amide bonds. The third kappa shape index (κ3) is 4.97. The summed E-state index contributed by atoms with van der Waals surface area (Å²) in [6.45, 7) is 1.88. The van der Waals surface area contributed by atoms with E-state index in [2.05, 4.69) is 10.3 Å². The van der Waals surface area contributed by atoms with Gasteiger partial charge >= 0.3 is 0 Å². The van der Waals surface area contributed by atoms with Crippen molar-refractivity contribution in [3.8, 4) is 5.75 Å². The lowest BCUT2D eigenvalue weighted by Crippen LogP contribution is -2.14. The molecule has 0 bridgehead atoms. The largest absolute Gasteiger partial charge is 0.493 e.